The van der Waals surface area contributed by atoms with E-state index in [0.717, 1.165) is 4.47 Å². The van der Waals surface area contributed by atoms with E-state index in [4.69, 9.17) is 0 Å². The molecule has 3 aromatic rings. The van der Waals surface area contributed by atoms with E-state index in [0.29, 0.717) is 0 Å². The summed E-state index contributed by atoms with van der Waals surface area (Å²) in [6.45, 7) is 4.67. The number of rotatable bonds is 0. The van der Waals surface area contributed by atoms with Gasteiger partial charge in [-0.3, -0.25) is 0 Å². The highest BCUT2D eigenvalue weighted by Crippen LogP contribution is 2.36. The van der Waals surface area contributed by atoms with Crippen LogP contribution in [0, 0.1) is 0 Å². The van der Waals surface area contributed by atoms with E-state index in [1.165, 1.54) is 43.8 Å². The fourth-order valence-corrected chi connectivity index (χ4v) is 4.60. The molecule has 0 saturated carbocycles. The third-order valence-corrected chi connectivity index (χ3v) is 5.95. The van der Waals surface area contributed by atoms with Crippen molar-refractivity contribution in [3.8, 4) is 11.1 Å². The molecule has 116 valence electrons. The van der Waals surface area contributed by atoms with Gasteiger partial charge in [-0.15, -0.1) is 0 Å². The number of benzene rings is 3. The highest BCUT2D eigenvalue weighted by Gasteiger charge is 2.30. The molecule has 24 heavy (non-hydrogen) atoms. The summed E-state index contributed by atoms with van der Waals surface area (Å²) in [5.41, 5.74) is 8.19. The minimum absolute atomic E-state index is 0.0267. The van der Waals surface area contributed by atoms with Gasteiger partial charge in [0.1, 0.15) is 0 Å². The minimum Gasteiger partial charge on any atom is -0.0619 e. The molecule has 0 bridgehead atoms. The van der Waals surface area contributed by atoms with Crippen molar-refractivity contribution < 1.29 is 0 Å². The van der Waals surface area contributed by atoms with E-state index in [2.05, 4.69) is 96.5 Å². The summed E-state index contributed by atoms with van der Waals surface area (Å²) in [5, 5.41) is 2.68. The van der Waals surface area contributed by atoms with Crippen molar-refractivity contribution >= 4 is 28.1 Å². The van der Waals surface area contributed by atoms with Crippen molar-refractivity contribution in [2.75, 3.05) is 0 Å². The van der Waals surface area contributed by atoms with E-state index in [9.17, 15) is 0 Å². The van der Waals surface area contributed by atoms with Crippen LogP contribution in [-0.2, 0) is 5.41 Å². The number of hydrogen-bond acceptors (Lipinski definition) is 0. The van der Waals surface area contributed by atoms with Gasteiger partial charge in [-0.25, -0.2) is 0 Å². The van der Waals surface area contributed by atoms with Gasteiger partial charge in [-0.2, -0.15) is 0 Å². The van der Waals surface area contributed by atoms with Crippen molar-refractivity contribution in [3.05, 3.63) is 91.8 Å². The summed E-state index contributed by atoms with van der Waals surface area (Å²) in [5.74, 6) is 0. The molecular weight excluding hydrogens is 356 g/mol. The molecule has 1 heteroatoms. The van der Waals surface area contributed by atoms with Crippen LogP contribution in [0.2, 0.25) is 0 Å². The Morgan fingerprint density at radius 2 is 1.50 bits per heavy atom. The van der Waals surface area contributed by atoms with Crippen LogP contribution in [0.1, 0.15) is 36.1 Å². The first-order chi connectivity index (χ1) is 11.5. The Morgan fingerprint density at radius 1 is 0.708 bits per heavy atom. The maximum Gasteiger partial charge on any atom is 0.0181 e. The van der Waals surface area contributed by atoms with Crippen LogP contribution in [0.5, 0.6) is 0 Å². The minimum atomic E-state index is 0.0267. The van der Waals surface area contributed by atoms with Gasteiger partial charge in [0.25, 0.3) is 0 Å². The number of fused-ring (bicyclic) bond motifs is 5. The summed E-state index contributed by atoms with van der Waals surface area (Å²) in [6, 6.07) is 20.1. The summed E-state index contributed by atoms with van der Waals surface area (Å²) in [7, 11) is 0. The first-order valence-electron chi connectivity index (χ1n) is 8.31. The molecule has 0 heterocycles. The van der Waals surface area contributed by atoms with Gasteiger partial charge < -0.3 is 0 Å². The first-order valence-corrected chi connectivity index (χ1v) is 9.11. The van der Waals surface area contributed by atoms with E-state index >= 15 is 0 Å². The summed E-state index contributed by atoms with van der Waals surface area (Å²) in [4.78, 5) is 0. The molecule has 0 saturated heterocycles. The largest absolute Gasteiger partial charge is 0.0619 e. The lowest BCUT2D eigenvalue weighted by Crippen LogP contribution is -2.33. The molecule has 0 amide bonds. The summed E-state index contributed by atoms with van der Waals surface area (Å²) in [6.07, 6.45) is 4.65. The molecule has 0 aromatic heterocycles. The Balaban J connectivity index is 1.86. The lowest BCUT2D eigenvalue weighted by molar-refractivity contribution is 0.629. The molecule has 0 fully saturated rings. The molecule has 0 radical (unpaired) electrons. The molecule has 0 atom stereocenters. The van der Waals surface area contributed by atoms with Gasteiger partial charge in [0, 0.05) is 9.89 Å². The SMILES string of the molecule is CC1(C)c2ccccc2C=c2cc3c(cc21)=Cc1cc(Br)ccc1-3. The van der Waals surface area contributed by atoms with E-state index in [1.54, 1.807) is 0 Å². The van der Waals surface area contributed by atoms with Gasteiger partial charge in [0.15, 0.2) is 0 Å². The molecule has 2 aliphatic carbocycles. The van der Waals surface area contributed by atoms with Crippen LogP contribution in [-0.4, -0.2) is 0 Å². The molecule has 3 aromatic carbocycles. The third-order valence-electron chi connectivity index (χ3n) is 5.45. The fourth-order valence-electron chi connectivity index (χ4n) is 4.22. The molecule has 0 nitrogen and oxygen atoms in total. The number of hydrogen-bond donors (Lipinski definition) is 0. The molecule has 0 spiro atoms. The molecule has 2 aliphatic rings. The monoisotopic (exact) mass is 372 g/mol. The lowest BCUT2D eigenvalue weighted by atomic mass is 9.72. The van der Waals surface area contributed by atoms with Gasteiger partial charge in [-0.05, 0) is 80.2 Å². The van der Waals surface area contributed by atoms with Gasteiger partial charge in [0.2, 0.25) is 0 Å². The zero-order valence-corrected chi connectivity index (χ0v) is 15.3. The van der Waals surface area contributed by atoms with Crippen LogP contribution >= 0.6 is 15.9 Å². The average molecular weight is 373 g/mol. The number of halogens is 1. The second-order valence-corrected chi connectivity index (χ2v) is 8.17. The molecule has 0 unspecified atom stereocenters. The normalized spacial score (nSPS) is 15.5. The van der Waals surface area contributed by atoms with Crippen LogP contribution in [0.3, 0.4) is 0 Å². The van der Waals surface area contributed by atoms with E-state index in [-0.39, 0.29) is 5.41 Å². The quantitative estimate of drug-likeness (QED) is 0.418. The van der Waals surface area contributed by atoms with Gasteiger partial charge in [-0.1, -0.05) is 60.1 Å². The topological polar surface area (TPSA) is 0 Å². The van der Waals surface area contributed by atoms with Crippen LogP contribution < -0.4 is 10.4 Å². The Hall–Kier alpha value is -2.12. The van der Waals surface area contributed by atoms with Gasteiger partial charge >= 0.3 is 0 Å². The second-order valence-electron chi connectivity index (χ2n) is 7.26. The molecular formula is C23H17Br. The summed E-state index contributed by atoms with van der Waals surface area (Å²) < 4.78 is 1.13. The smallest absolute Gasteiger partial charge is 0.0181 e. The standard InChI is InChI=1S/C23H17Br/c1-23(2)21-6-4-3-5-14(21)9-17-12-20-16(13-22(17)23)10-15-11-18(24)7-8-19(15)20/h3-13H,1-2H3. The average Bonchev–Trinajstić information content (AvgIpc) is 2.90. The highest BCUT2D eigenvalue weighted by atomic mass is 79.9. The summed E-state index contributed by atoms with van der Waals surface area (Å²) >= 11 is 3.59. The fraction of sp³-hybridized carbons (Fsp3) is 0.130. The maximum atomic E-state index is 3.59. The maximum absolute atomic E-state index is 3.59. The predicted octanol–water partition coefficient (Wildman–Crippen LogP) is 4.73. The Morgan fingerprint density at radius 3 is 2.38 bits per heavy atom. The zero-order valence-electron chi connectivity index (χ0n) is 13.7. The van der Waals surface area contributed by atoms with Crippen molar-refractivity contribution in [1.29, 1.82) is 0 Å². The third kappa shape index (κ3) is 1.85. The first kappa shape index (κ1) is 14.2. The van der Waals surface area contributed by atoms with E-state index < -0.39 is 0 Å². The second kappa shape index (κ2) is 4.70. The lowest BCUT2D eigenvalue weighted by Gasteiger charge is -2.32. The van der Waals surface area contributed by atoms with Crippen molar-refractivity contribution in [1.82, 2.24) is 0 Å². The van der Waals surface area contributed by atoms with Crippen molar-refractivity contribution in [2.45, 2.75) is 19.3 Å². The van der Waals surface area contributed by atoms with Crippen LogP contribution in [0.25, 0.3) is 23.3 Å². The Kier molecular flexibility index (Phi) is 2.79. The van der Waals surface area contributed by atoms with Crippen LogP contribution in [0.4, 0.5) is 0 Å². The highest BCUT2D eigenvalue weighted by molar-refractivity contribution is 9.10. The molecule has 5 rings (SSSR count). The zero-order chi connectivity index (χ0) is 16.5. The Bertz CT molecular complexity index is 1130. The van der Waals surface area contributed by atoms with Crippen molar-refractivity contribution in [2.24, 2.45) is 0 Å². The van der Waals surface area contributed by atoms with Crippen molar-refractivity contribution in [3.63, 3.8) is 0 Å². The predicted molar refractivity (Wildman–Crippen MR) is 105 cm³/mol. The molecule has 0 N–H and O–H groups in total. The van der Waals surface area contributed by atoms with Crippen LogP contribution in [0.15, 0.2) is 59.1 Å². The van der Waals surface area contributed by atoms with Gasteiger partial charge in [0.05, 0.1) is 0 Å². The van der Waals surface area contributed by atoms with E-state index in [1.807, 2.05) is 0 Å². The molecule has 0 aliphatic heterocycles. The Labute approximate surface area is 150 Å².